The Balaban J connectivity index is 1.56. The fourth-order valence-corrected chi connectivity index (χ4v) is 3.73. The van der Waals surface area contributed by atoms with E-state index in [0.717, 1.165) is 30.5 Å². The van der Waals surface area contributed by atoms with Crippen molar-refractivity contribution >= 4 is 22.1 Å². The number of nitrogens with one attached hydrogen (secondary N) is 1. The van der Waals surface area contributed by atoms with Crippen molar-refractivity contribution in [3.05, 3.63) is 17.3 Å². The first-order chi connectivity index (χ1) is 10.3. The zero-order chi connectivity index (χ0) is 14.2. The Morgan fingerprint density at radius 1 is 1.48 bits per heavy atom. The second-order valence-electron chi connectivity index (χ2n) is 6.11. The zero-order valence-corrected chi connectivity index (χ0v) is 13.2. The van der Waals surface area contributed by atoms with Crippen LogP contribution in [-0.2, 0) is 11.3 Å². The maximum Gasteiger partial charge on any atom is 0.195 e. The van der Waals surface area contributed by atoms with E-state index in [4.69, 9.17) is 9.72 Å². The number of likely N-dealkylation sites (N-methyl/N-ethyl adjacent to an activating group) is 1. The van der Waals surface area contributed by atoms with Gasteiger partial charge in [-0.3, -0.25) is 4.40 Å². The highest BCUT2D eigenvalue weighted by atomic mass is 32.1. The van der Waals surface area contributed by atoms with Crippen molar-refractivity contribution in [3.63, 3.8) is 0 Å². The maximum absolute atomic E-state index is 5.76. The molecular weight excluding hydrogens is 284 g/mol. The van der Waals surface area contributed by atoms with Crippen LogP contribution in [0.1, 0.15) is 31.4 Å². The largest absolute Gasteiger partial charge is 0.376 e. The van der Waals surface area contributed by atoms with Crippen LogP contribution in [0.3, 0.4) is 0 Å². The van der Waals surface area contributed by atoms with Gasteiger partial charge in [0.25, 0.3) is 0 Å². The minimum absolute atomic E-state index is 0.360. The van der Waals surface area contributed by atoms with Gasteiger partial charge in [0.05, 0.1) is 11.8 Å². The molecular formula is C15H22N4OS. The summed E-state index contributed by atoms with van der Waals surface area (Å²) in [5, 5.41) is 5.72. The smallest absolute Gasteiger partial charge is 0.195 e. The van der Waals surface area contributed by atoms with E-state index < -0.39 is 0 Å². The highest BCUT2D eigenvalue weighted by molar-refractivity contribution is 7.15. The van der Waals surface area contributed by atoms with Crippen molar-refractivity contribution in [2.24, 2.45) is 0 Å². The number of imidazole rings is 1. The number of thiazole rings is 1. The van der Waals surface area contributed by atoms with Crippen molar-refractivity contribution in [2.45, 2.75) is 44.4 Å². The minimum atomic E-state index is 0.360. The van der Waals surface area contributed by atoms with Crippen LogP contribution in [0.5, 0.6) is 0 Å². The van der Waals surface area contributed by atoms with Gasteiger partial charge in [-0.15, -0.1) is 11.3 Å². The third-order valence-electron chi connectivity index (χ3n) is 4.34. The molecule has 1 saturated heterocycles. The Morgan fingerprint density at radius 2 is 2.38 bits per heavy atom. The molecule has 0 bridgehead atoms. The van der Waals surface area contributed by atoms with E-state index in [9.17, 15) is 0 Å². The predicted octanol–water partition coefficient (Wildman–Crippen LogP) is 2.26. The highest BCUT2D eigenvalue weighted by Crippen LogP contribution is 2.27. The van der Waals surface area contributed by atoms with Crippen molar-refractivity contribution in [1.29, 1.82) is 0 Å². The van der Waals surface area contributed by atoms with E-state index in [1.54, 1.807) is 11.3 Å². The van der Waals surface area contributed by atoms with Crippen LogP contribution in [-0.4, -0.2) is 41.7 Å². The molecule has 1 atom stereocenters. The normalized spacial score (nSPS) is 22.2. The van der Waals surface area contributed by atoms with Gasteiger partial charge in [0.1, 0.15) is 0 Å². The van der Waals surface area contributed by atoms with Crippen molar-refractivity contribution in [2.75, 3.05) is 25.1 Å². The number of hydrogen-bond donors (Lipinski definition) is 1. The predicted molar refractivity (Wildman–Crippen MR) is 85.2 cm³/mol. The number of aromatic nitrogens is 2. The van der Waals surface area contributed by atoms with Gasteiger partial charge in [0, 0.05) is 44.4 Å². The fraction of sp³-hybridized carbons (Fsp3) is 0.667. The van der Waals surface area contributed by atoms with E-state index >= 15 is 0 Å². The lowest BCUT2D eigenvalue weighted by Crippen LogP contribution is -2.30. The molecule has 21 heavy (non-hydrogen) atoms. The van der Waals surface area contributed by atoms with Crippen LogP contribution >= 0.6 is 11.3 Å². The summed E-state index contributed by atoms with van der Waals surface area (Å²) in [6.07, 6.45) is 7.47. The van der Waals surface area contributed by atoms with E-state index in [-0.39, 0.29) is 0 Å². The maximum atomic E-state index is 5.76. The molecule has 2 fully saturated rings. The topological polar surface area (TPSA) is 41.8 Å². The molecule has 0 amide bonds. The van der Waals surface area contributed by atoms with Gasteiger partial charge < -0.3 is 15.0 Å². The molecule has 2 aromatic rings. The lowest BCUT2D eigenvalue weighted by molar-refractivity contribution is 0.116. The van der Waals surface area contributed by atoms with Gasteiger partial charge in [-0.05, 0) is 25.7 Å². The lowest BCUT2D eigenvalue weighted by Gasteiger charge is -2.22. The summed E-state index contributed by atoms with van der Waals surface area (Å²) in [6, 6.07) is 0.713. The Labute approximate surface area is 128 Å². The van der Waals surface area contributed by atoms with E-state index in [2.05, 4.69) is 33.2 Å². The van der Waals surface area contributed by atoms with Crippen LogP contribution in [0.2, 0.25) is 0 Å². The zero-order valence-electron chi connectivity index (χ0n) is 12.4. The first-order valence-electron chi connectivity index (χ1n) is 7.82. The number of anilines is 1. The Kier molecular flexibility index (Phi) is 3.61. The van der Waals surface area contributed by atoms with Crippen LogP contribution in [0.25, 0.3) is 4.96 Å². The summed E-state index contributed by atoms with van der Waals surface area (Å²) < 4.78 is 7.98. The molecule has 2 aliphatic rings. The van der Waals surface area contributed by atoms with E-state index in [1.165, 1.54) is 31.4 Å². The molecule has 1 aliphatic heterocycles. The van der Waals surface area contributed by atoms with Crippen LogP contribution in [0.15, 0.2) is 11.6 Å². The third kappa shape index (κ3) is 2.80. The van der Waals surface area contributed by atoms with Crippen LogP contribution < -0.4 is 10.2 Å². The summed E-state index contributed by atoms with van der Waals surface area (Å²) in [5.74, 6) is 1.10. The molecule has 114 valence electrons. The molecule has 1 unspecified atom stereocenters. The summed E-state index contributed by atoms with van der Waals surface area (Å²) >= 11 is 1.70. The molecule has 3 heterocycles. The number of fused-ring (bicyclic) bond motifs is 1. The molecule has 1 N–H and O–H groups in total. The molecule has 0 radical (unpaired) electrons. The molecule has 0 spiro atoms. The van der Waals surface area contributed by atoms with Crippen LogP contribution in [0.4, 0.5) is 5.82 Å². The van der Waals surface area contributed by atoms with Crippen molar-refractivity contribution in [1.82, 2.24) is 14.7 Å². The summed E-state index contributed by atoms with van der Waals surface area (Å²) in [4.78, 5) is 8.17. The molecule has 6 heteroatoms. The van der Waals surface area contributed by atoms with E-state index in [0.29, 0.717) is 12.1 Å². The minimum Gasteiger partial charge on any atom is -0.376 e. The van der Waals surface area contributed by atoms with Crippen LogP contribution in [0, 0.1) is 0 Å². The molecule has 4 rings (SSSR count). The van der Waals surface area contributed by atoms with Crippen molar-refractivity contribution < 1.29 is 4.74 Å². The molecule has 1 saturated carbocycles. The Morgan fingerprint density at radius 3 is 3.14 bits per heavy atom. The molecule has 5 nitrogen and oxygen atoms in total. The Hall–Kier alpha value is -1.11. The standard InChI is InChI=1S/C15H22N4OS/c1-18(10-12-3-2-7-20-12)14-13(9-16-11-4-5-11)19-6-8-21-15(19)17-14/h6,8,11-12,16H,2-5,7,9-10H2,1H3. The summed E-state index contributed by atoms with van der Waals surface area (Å²) in [5.41, 5.74) is 1.28. The van der Waals surface area contributed by atoms with Gasteiger partial charge in [0.2, 0.25) is 0 Å². The Bertz CT molecular complexity index is 612. The van der Waals surface area contributed by atoms with Gasteiger partial charge in [-0.2, -0.15) is 0 Å². The van der Waals surface area contributed by atoms with Gasteiger partial charge in [0.15, 0.2) is 10.8 Å². The van der Waals surface area contributed by atoms with Crippen molar-refractivity contribution in [3.8, 4) is 0 Å². The van der Waals surface area contributed by atoms with Gasteiger partial charge in [-0.1, -0.05) is 0 Å². The molecule has 1 aliphatic carbocycles. The number of rotatable bonds is 6. The number of ether oxygens (including phenoxy) is 1. The first kappa shape index (κ1) is 13.5. The lowest BCUT2D eigenvalue weighted by atomic mass is 10.2. The van der Waals surface area contributed by atoms with Gasteiger partial charge >= 0.3 is 0 Å². The van der Waals surface area contributed by atoms with Gasteiger partial charge in [-0.25, -0.2) is 4.98 Å². The summed E-state index contributed by atoms with van der Waals surface area (Å²) in [7, 11) is 2.13. The second-order valence-corrected chi connectivity index (χ2v) is 6.98. The first-order valence-corrected chi connectivity index (χ1v) is 8.70. The second kappa shape index (κ2) is 5.59. The monoisotopic (exact) mass is 306 g/mol. The third-order valence-corrected chi connectivity index (χ3v) is 5.10. The molecule has 2 aromatic heterocycles. The number of nitrogens with zero attached hydrogens (tertiary/aromatic N) is 3. The fourth-order valence-electron chi connectivity index (χ4n) is 3.00. The quantitative estimate of drug-likeness (QED) is 0.889. The van der Waals surface area contributed by atoms with E-state index in [1.807, 2.05) is 0 Å². The highest BCUT2D eigenvalue weighted by Gasteiger charge is 2.25. The average molecular weight is 306 g/mol. The average Bonchev–Trinajstić information content (AvgIpc) is 2.90. The SMILES string of the molecule is CN(CC1CCCO1)c1nc2sccn2c1CNC1CC1. The molecule has 0 aromatic carbocycles. The number of hydrogen-bond acceptors (Lipinski definition) is 5. The summed E-state index contributed by atoms with van der Waals surface area (Å²) in [6.45, 7) is 2.74.